The number of aliphatic hydroxyl groups is 1. The summed E-state index contributed by atoms with van der Waals surface area (Å²) < 4.78 is 10.8. The van der Waals surface area contributed by atoms with Crippen LogP contribution in [0.25, 0.3) is 0 Å². The molecule has 5 aliphatic rings. The van der Waals surface area contributed by atoms with E-state index in [0.717, 1.165) is 63.4 Å². The lowest BCUT2D eigenvalue weighted by Gasteiger charge is -2.71. The van der Waals surface area contributed by atoms with Gasteiger partial charge in [0.15, 0.2) is 0 Å². The maximum absolute atomic E-state index is 14.0. The average molecular weight is 678 g/mol. The molecule has 4 saturated carbocycles. The molecule has 0 aliphatic heterocycles. The molecule has 6 rings (SSSR count). The normalized spacial score (nSPS) is 39.5. The lowest BCUT2D eigenvalue weighted by molar-refractivity contribution is -0.203. The third-order valence-electron chi connectivity index (χ3n) is 15.8. The van der Waals surface area contributed by atoms with Crippen molar-refractivity contribution >= 4 is 11.9 Å². The zero-order valence-corrected chi connectivity index (χ0v) is 31.7. The average Bonchev–Trinajstić information content (AvgIpc) is 3.03. The van der Waals surface area contributed by atoms with Crippen LogP contribution in [0.2, 0.25) is 0 Å². The molecular formula is C42H63NO6. The Morgan fingerprint density at radius 2 is 1.53 bits per heavy atom. The number of hydrogen-bond donors (Lipinski definition) is 3. The molecule has 0 saturated heterocycles. The molecule has 0 spiro atoms. The Morgan fingerprint density at radius 3 is 2.16 bits per heavy atom. The van der Waals surface area contributed by atoms with Crippen LogP contribution in [0, 0.1) is 50.2 Å². The molecule has 3 N–H and O–H groups in total. The van der Waals surface area contributed by atoms with Gasteiger partial charge in [0.1, 0.15) is 17.5 Å². The predicted octanol–water partition coefficient (Wildman–Crippen LogP) is 8.37. The molecule has 0 radical (unpaired) electrons. The monoisotopic (exact) mass is 677 g/mol. The fourth-order valence-electron chi connectivity index (χ4n) is 12.6. The van der Waals surface area contributed by atoms with Gasteiger partial charge in [-0.3, -0.25) is 4.79 Å². The number of nitrogens with one attached hydrogen (secondary N) is 1. The van der Waals surface area contributed by atoms with Gasteiger partial charge in [-0.25, -0.2) is 4.79 Å². The molecule has 5 aliphatic carbocycles. The third kappa shape index (κ3) is 5.82. The molecule has 49 heavy (non-hydrogen) atoms. The van der Waals surface area contributed by atoms with Crippen LogP contribution >= 0.6 is 0 Å². The number of aliphatic carboxylic acids is 1. The summed E-state index contributed by atoms with van der Waals surface area (Å²) in [6.07, 6.45) is 13.5. The number of carbonyl (C=O) groups excluding carboxylic acids is 1. The molecule has 1 aromatic rings. The zero-order valence-electron chi connectivity index (χ0n) is 31.7. The number of carbonyl (C=O) groups is 2. The van der Waals surface area contributed by atoms with Crippen LogP contribution in [-0.2, 0) is 16.0 Å². The van der Waals surface area contributed by atoms with Crippen molar-refractivity contribution in [3.05, 3.63) is 35.4 Å². The van der Waals surface area contributed by atoms with Gasteiger partial charge < -0.3 is 25.0 Å². The van der Waals surface area contributed by atoms with Crippen LogP contribution in [0.3, 0.4) is 0 Å². The number of methoxy groups -OCH3 is 2. The first-order chi connectivity index (χ1) is 22.8. The molecule has 7 nitrogen and oxygen atoms in total. The van der Waals surface area contributed by atoms with E-state index < -0.39 is 12.0 Å². The van der Waals surface area contributed by atoms with Gasteiger partial charge in [-0.1, -0.05) is 60.1 Å². The number of benzene rings is 1. The highest BCUT2D eigenvalue weighted by molar-refractivity contribution is 5.84. The van der Waals surface area contributed by atoms with Gasteiger partial charge in [-0.15, -0.1) is 0 Å². The SMILES string of the molecule is COc1cc(CC(NC(=O)C[C@]23CCC(C)(C)C[C@H]2C2=CC[C@@H]4[C@@]5(C)CC[C@H](O)C(C)(C)[C@@H]5CC[C@@]4(C)[C@]2(C)CC3)C(=O)O)cc(OC)c1. The van der Waals surface area contributed by atoms with Gasteiger partial charge in [0.05, 0.1) is 20.3 Å². The molecule has 9 atom stereocenters. The van der Waals surface area contributed by atoms with Crippen molar-refractivity contribution in [1.29, 1.82) is 0 Å². The minimum absolute atomic E-state index is 0.0528. The van der Waals surface area contributed by atoms with E-state index in [9.17, 15) is 19.8 Å². The van der Waals surface area contributed by atoms with Gasteiger partial charge in [-0.05, 0) is 132 Å². The maximum atomic E-state index is 14.0. The summed E-state index contributed by atoms with van der Waals surface area (Å²) in [5.41, 5.74) is 2.67. The van der Waals surface area contributed by atoms with E-state index in [4.69, 9.17) is 9.47 Å². The van der Waals surface area contributed by atoms with Crippen molar-refractivity contribution in [2.45, 2.75) is 138 Å². The number of rotatable bonds is 8. The summed E-state index contributed by atoms with van der Waals surface area (Å²) in [6, 6.07) is 4.32. The number of hydrogen-bond acceptors (Lipinski definition) is 5. The number of fused-ring (bicyclic) bond motifs is 7. The fourth-order valence-corrected chi connectivity index (χ4v) is 12.6. The molecule has 272 valence electrons. The Labute approximate surface area is 295 Å². The molecule has 1 aromatic carbocycles. The van der Waals surface area contributed by atoms with Crippen LogP contribution in [0.4, 0.5) is 0 Å². The standard InChI is InChI=1S/C42H63NO6/c1-37(2)16-18-42(25-35(45)43-31(36(46)47)22-26-20-27(48-8)23-28(21-26)49-9)19-17-40(6)29(30(42)24-37)10-11-33-39(5)14-13-34(44)38(3,4)32(39)12-15-41(33,40)7/h10,20-21,23,30-34,44H,11-19,22,24-25H2,1-9H3,(H,43,45)(H,46,47)/t30-,31?,32-,33+,34-,39-,40+,41+,42+/m0/s1. The number of ether oxygens (including phenoxy) is 2. The van der Waals surface area contributed by atoms with Crippen LogP contribution in [0.5, 0.6) is 11.5 Å². The van der Waals surface area contributed by atoms with Crippen LogP contribution < -0.4 is 14.8 Å². The zero-order chi connectivity index (χ0) is 35.8. The molecule has 1 amide bonds. The molecular weight excluding hydrogens is 614 g/mol. The smallest absolute Gasteiger partial charge is 0.326 e. The van der Waals surface area contributed by atoms with Crippen LogP contribution in [-0.4, -0.2) is 48.5 Å². The Balaban J connectivity index is 1.28. The van der Waals surface area contributed by atoms with Crippen molar-refractivity contribution in [3.8, 4) is 11.5 Å². The molecule has 1 unspecified atom stereocenters. The van der Waals surface area contributed by atoms with E-state index in [1.54, 1.807) is 38.0 Å². The third-order valence-corrected chi connectivity index (χ3v) is 15.8. The largest absolute Gasteiger partial charge is 0.497 e. The van der Waals surface area contributed by atoms with Crippen molar-refractivity contribution in [3.63, 3.8) is 0 Å². The summed E-state index contributed by atoms with van der Waals surface area (Å²) in [6.45, 7) is 17.1. The second-order valence-corrected chi connectivity index (χ2v) is 19.0. The van der Waals surface area contributed by atoms with Gasteiger partial charge >= 0.3 is 5.97 Å². The fraction of sp³-hybridized carbons (Fsp3) is 0.762. The van der Waals surface area contributed by atoms with Crippen molar-refractivity contribution < 1.29 is 29.3 Å². The molecule has 7 heteroatoms. The van der Waals surface area contributed by atoms with Crippen molar-refractivity contribution in [1.82, 2.24) is 5.32 Å². The van der Waals surface area contributed by atoms with Crippen LogP contribution in [0.15, 0.2) is 29.8 Å². The molecule has 0 heterocycles. The lowest BCUT2D eigenvalue weighted by atomic mass is 9.33. The van der Waals surface area contributed by atoms with Gasteiger partial charge in [0.2, 0.25) is 5.91 Å². The highest BCUT2D eigenvalue weighted by Gasteiger charge is 2.68. The van der Waals surface area contributed by atoms with Gasteiger partial charge in [-0.2, -0.15) is 0 Å². The van der Waals surface area contributed by atoms with E-state index in [1.807, 2.05) is 0 Å². The first kappa shape index (κ1) is 36.3. The summed E-state index contributed by atoms with van der Waals surface area (Å²) in [7, 11) is 3.14. The van der Waals surface area contributed by atoms with Gasteiger partial charge in [0.25, 0.3) is 0 Å². The first-order valence-electron chi connectivity index (χ1n) is 19.0. The minimum atomic E-state index is -1.05. The minimum Gasteiger partial charge on any atom is -0.497 e. The summed E-state index contributed by atoms with van der Waals surface area (Å²) in [5.74, 6) is 1.36. The second kappa shape index (κ2) is 12.3. The first-order valence-corrected chi connectivity index (χ1v) is 19.0. The van der Waals surface area contributed by atoms with E-state index in [2.05, 4.69) is 59.9 Å². The summed E-state index contributed by atoms with van der Waals surface area (Å²) in [5, 5.41) is 24.3. The number of amides is 1. The molecule has 0 bridgehead atoms. The Morgan fingerprint density at radius 1 is 0.878 bits per heavy atom. The van der Waals surface area contributed by atoms with Crippen LogP contribution in [0.1, 0.15) is 125 Å². The topological polar surface area (TPSA) is 105 Å². The number of aliphatic hydroxyl groups excluding tert-OH is 1. The Hall–Kier alpha value is -2.54. The predicted molar refractivity (Wildman–Crippen MR) is 192 cm³/mol. The van der Waals surface area contributed by atoms with E-state index in [1.165, 1.54) is 6.42 Å². The van der Waals surface area contributed by atoms with Gasteiger partial charge in [0, 0.05) is 18.9 Å². The summed E-state index contributed by atoms with van der Waals surface area (Å²) >= 11 is 0. The quantitative estimate of drug-likeness (QED) is 0.239. The molecule has 0 aromatic heterocycles. The molecule has 4 fully saturated rings. The van der Waals surface area contributed by atoms with Crippen molar-refractivity contribution in [2.75, 3.05) is 14.2 Å². The van der Waals surface area contributed by atoms with E-state index in [0.29, 0.717) is 35.7 Å². The highest BCUT2D eigenvalue weighted by atomic mass is 16.5. The Kier molecular flexibility index (Phi) is 9.10. The highest BCUT2D eigenvalue weighted by Crippen LogP contribution is 2.76. The lowest BCUT2D eigenvalue weighted by Crippen LogP contribution is -2.64. The summed E-state index contributed by atoms with van der Waals surface area (Å²) in [4.78, 5) is 26.5. The van der Waals surface area contributed by atoms with E-state index in [-0.39, 0.29) is 50.9 Å². The Bertz CT molecular complexity index is 1480. The van der Waals surface area contributed by atoms with Crippen molar-refractivity contribution in [2.24, 2.45) is 50.2 Å². The second-order valence-electron chi connectivity index (χ2n) is 19.0. The van der Waals surface area contributed by atoms with E-state index >= 15 is 0 Å². The number of allylic oxidation sites excluding steroid dienone is 2. The maximum Gasteiger partial charge on any atom is 0.326 e. The number of carboxylic acids is 1. The number of carboxylic acid groups (broad SMARTS) is 1.